The summed E-state index contributed by atoms with van der Waals surface area (Å²) in [4.78, 5) is 25.5. The lowest BCUT2D eigenvalue weighted by Crippen LogP contribution is -2.31. The Hall–Kier alpha value is -1.17. The molecule has 0 aromatic carbocycles. The number of aryl methyl sites for hydroxylation is 2. The minimum Gasteiger partial charge on any atom is -0.276 e. The molecule has 1 aliphatic rings. The van der Waals surface area contributed by atoms with Crippen molar-refractivity contribution < 1.29 is 9.59 Å². The highest BCUT2D eigenvalue weighted by Gasteiger charge is 2.42. The summed E-state index contributed by atoms with van der Waals surface area (Å²) in [7, 11) is 1.83. The van der Waals surface area contributed by atoms with Crippen molar-refractivity contribution in [3.8, 4) is 0 Å². The van der Waals surface area contributed by atoms with E-state index in [9.17, 15) is 9.59 Å². The van der Waals surface area contributed by atoms with Gasteiger partial charge in [0, 0.05) is 18.9 Å². The van der Waals surface area contributed by atoms with E-state index < -0.39 is 0 Å². The van der Waals surface area contributed by atoms with E-state index in [1.54, 1.807) is 18.5 Å². The summed E-state index contributed by atoms with van der Waals surface area (Å²) in [6.07, 6.45) is 0.809. The monoisotopic (exact) mass is 327 g/mol. The topological polar surface area (TPSA) is 55.2 Å². The minimum absolute atomic E-state index is 0.0938. The van der Waals surface area contributed by atoms with Gasteiger partial charge >= 0.3 is 0 Å². The highest BCUT2D eigenvalue weighted by atomic mass is 79.9. The number of nitrogens with zero attached hydrogens (tertiary/aromatic N) is 3. The number of carbonyl (C=O) groups excluding carboxylic acids is 2. The van der Waals surface area contributed by atoms with Crippen molar-refractivity contribution >= 4 is 27.7 Å². The first-order valence-corrected chi connectivity index (χ1v) is 7.23. The van der Waals surface area contributed by atoms with Gasteiger partial charge in [0.2, 0.25) is 11.8 Å². The number of amides is 2. The maximum Gasteiger partial charge on any atom is 0.233 e. The van der Waals surface area contributed by atoms with Crippen LogP contribution in [0.15, 0.2) is 4.47 Å². The van der Waals surface area contributed by atoms with Gasteiger partial charge in [0.1, 0.15) is 0 Å². The Bertz CT molecular complexity index is 518. The second-order valence-electron chi connectivity index (χ2n) is 5.02. The second-order valence-corrected chi connectivity index (χ2v) is 5.82. The maximum absolute atomic E-state index is 12.1. The van der Waals surface area contributed by atoms with Crippen LogP contribution in [-0.2, 0) is 29.6 Å². The Morgan fingerprint density at radius 1 is 1.21 bits per heavy atom. The standard InChI is InChI=1S/C13H18BrN3O2/c1-5-9-11(14)10(16(4)15-9)6-17-12(18)7(2)8(3)13(17)19/h7-8H,5-6H2,1-4H3. The Morgan fingerprint density at radius 3 is 2.16 bits per heavy atom. The number of hydrogen-bond acceptors (Lipinski definition) is 3. The zero-order chi connectivity index (χ0) is 14.3. The van der Waals surface area contributed by atoms with Crippen molar-refractivity contribution in [2.24, 2.45) is 18.9 Å². The van der Waals surface area contributed by atoms with E-state index in [-0.39, 0.29) is 30.2 Å². The quantitative estimate of drug-likeness (QED) is 0.796. The van der Waals surface area contributed by atoms with E-state index in [1.807, 2.05) is 14.0 Å². The number of imide groups is 1. The van der Waals surface area contributed by atoms with Gasteiger partial charge in [-0.1, -0.05) is 20.8 Å². The number of carbonyl (C=O) groups is 2. The molecule has 0 N–H and O–H groups in total. The molecule has 2 heterocycles. The predicted molar refractivity (Wildman–Crippen MR) is 74.2 cm³/mol. The molecule has 1 aliphatic heterocycles. The van der Waals surface area contributed by atoms with Crippen LogP contribution in [0, 0.1) is 11.8 Å². The van der Waals surface area contributed by atoms with E-state index in [2.05, 4.69) is 21.0 Å². The van der Waals surface area contributed by atoms with Gasteiger partial charge in [-0.15, -0.1) is 0 Å². The van der Waals surface area contributed by atoms with E-state index >= 15 is 0 Å². The molecule has 1 fully saturated rings. The van der Waals surface area contributed by atoms with Gasteiger partial charge in [-0.3, -0.25) is 19.2 Å². The van der Waals surface area contributed by atoms with Gasteiger partial charge in [-0.2, -0.15) is 5.10 Å². The summed E-state index contributed by atoms with van der Waals surface area (Å²) >= 11 is 3.51. The molecule has 0 spiro atoms. The first kappa shape index (κ1) is 14.2. The highest BCUT2D eigenvalue weighted by Crippen LogP contribution is 2.29. The molecule has 1 aromatic heterocycles. The molecule has 2 rings (SSSR count). The zero-order valence-corrected chi connectivity index (χ0v) is 13.2. The third-order valence-electron chi connectivity index (χ3n) is 3.87. The molecule has 1 saturated heterocycles. The second kappa shape index (κ2) is 5.07. The van der Waals surface area contributed by atoms with Gasteiger partial charge in [0.05, 0.1) is 22.4 Å². The van der Waals surface area contributed by atoms with Crippen LogP contribution in [0.1, 0.15) is 32.2 Å². The highest BCUT2D eigenvalue weighted by molar-refractivity contribution is 9.10. The lowest BCUT2D eigenvalue weighted by molar-refractivity contribution is -0.140. The summed E-state index contributed by atoms with van der Waals surface area (Å²) in [5, 5.41) is 4.38. The fourth-order valence-corrected chi connectivity index (χ4v) is 3.07. The largest absolute Gasteiger partial charge is 0.276 e. The third-order valence-corrected chi connectivity index (χ3v) is 4.79. The Morgan fingerprint density at radius 2 is 1.74 bits per heavy atom. The average Bonchev–Trinajstić information content (AvgIpc) is 2.76. The summed E-state index contributed by atoms with van der Waals surface area (Å²) in [5.74, 6) is -0.650. The first-order valence-electron chi connectivity index (χ1n) is 6.43. The van der Waals surface area contributed by atoms with Gasteiger partial charge in [-0.05, 0) is 22.4 Å². The van der Waals surface area contributed by atoms with E-state index in [0.717, 1.165) is 22.3 Å². The Labute approximate surface area is 121 Å². The number of aromatic nitrogens is 2. The maximum atomic E-state index is 12.1. The van der Waals surface area contributed by atoms with Gasteiger partial charge in [0.15, 0.2) is 0 Å². The molecule has 2 atom stereocenters. The molecule has 0 radical (unpaired) electrons. The van der Waals surface area contributed by atoms with Crippen LogP contribution in [0.25, 0.3) is 0 Å². The van der Waals surface area contributed by atoms with E-state index in [1.165, 1.54) is 4.90 Å². The van der Waals surface area contributed by atoms with Crippen molar-refractivity contribution in [2.75, 3.05) is 0 Å². The molecule has 1 aromatic rings. The van der Waals surface area contributed by atoms with E-state index in [0.29, 0.717) is 0 Å². The molecule has 5 nitrogen and oxygen atoms in total. The van der Waals surface area contributed by atoms with Crippen molar-refractivity contribution in [1.82, 2.24) is 14.7 Å². The fourth-order valence-electron chi connectivity index (χ4n) is 2.33. The van der Waals surface area contributed by atoms with Crippen molar-refractivity contribution in [3.63, 3.8) is 0 Å². The summed E-state index contributed by atoms with van der Waals surface area (Å²) < 4.78 is 2.63. The number of halogens is 1. The van der Waals surface area contributed by atoms with Gasteiger partial charge in [0.25, 0.3) is 0 Å². The molecule has 6 heteroatoms. The predicted octanol–water partition coefficient (Wildman–Crippen LogP) is 1.89. The molecule has 0 aliphatic carbocycles. The third kappa shape index (κ3) is 2.22. The molecule has 0 saturated carbocycles. The van der Waals surface area contributed by atoms with Crippen LogP contribution in [0.4, 0.5) is 0 Å². The number of rotatable bonds is 3. The van der Waals surface area contributed by atoms with Crippen LogP contribution in [-0.4, -0.2) is 26.5 Å². The SMILES string of the molecule is CCc1nn(C)c(CN2C(=O)C(C)C(C)C2=O)c1Br. The van der Waals surface area contributed by atoms with Crippen molar-refractivity contribution in [3.05, 3.63) is 15.9 Å². The van der Waals surface area contributed by atoms with Crippen LogP contribution >= 0.6 is 15.9 Å². The van der Waals surface area contributed by atoms with Gasteiger partial charge < -0.3 is 0 Å². The minimum atomic E-state index is -0.231. The fraction of sp³-hybridized carbons (Fsp3) is 0.615. The van der Waals surface area contributed by atoms with Crippen molar-refractivity contribution in [1.29, 1.82) is 0 Å². The lowest BCUT2D eigenvalue weighted by atomic mass is 10.00. The van der Waals surface area contributed by atoms with Crippen LogP contribution in [0.2, 0.25) is 0 Å². The first-order chi connectivity index (χ1) is 8.88. The zero-order valence-electron chi connectivity index (χ0n) is 11.6. The van der Waals surface area contributed by atoms with Gasteiger partial charge in [-0.25, -0.2) is 0 Å². The van der Waals surface area contributed by atoms with Crippen LogP contribution < -0.4 is 0 Å². The van der Waals surface area contributed by atoms with Crippen LogP contribution in [0.3, 0.4) is 0 Å². The number of hydrogen-bond donors (Lipinski definition) is 0. The molecular weight excluding hydrogens is 310 g/mol. The normalized spacial score (nSPS) is 23.5. The molecule has 2 amide bonds. The Balaban J connectivity index is 2.30. The Kier molecular flexibility index (Phi) is 3.80. The smallest absolute Gasteiger partial charge is 0.233 e. The molecule has 19 heavy (non-hydrogen) atoms. The molecule has 0 bridgehead atoms. The van der Waals surface area contributed by atoms with Crippen LogP contribution in [0.5, 0.6) is 0 Å². The lowest BCUT2D eigenvalue weighted by Gasteiger charge is -2.15. The summed E-state index contributed by atoms with van der Waals surface area (Å²) in [5.41, 5.74) is 1.80. The molecule has 104 valence electrons. The van der Waals surface area contributed by atoms with E-state index in [4.69, 9.17) is 0 Å². The summed E-state index contributed by atoms with van der Waals surface area (Å²) in [6.45, 7) is 5.92. The van der Waals surface area contributed by atoms with Crippen molar-refractivity contribution in [2.45, 2.75) is 33.7 Å². The summed E-state index contributed by atoms with van der Waals surface area (Å²) in [6, 6.07) is 0. The molecule has 2 unspecified atom stereocenters. The number of likely N-dealkylation sites (tertiary alicyclic amines) is 1. The average molecular weight is 328 g/mol. The molecular formula is C13H18BrN3O2.